The molecule has 44 heavy (non-hydrogen) atoms. The van der Waals surface area contributed by atoms with Gasteiger partial charge in [-0.2, -0.15) is 0 Å². The minimum absolute atomic E-state index is 0.0480. The largest absolute Gasteiger partial charge is 0.509 e. The number of hydrogen-bond donors (Lipinski definition) is 0. The SMILES string of the molecule is CC[C@H]1OC(=O)O[C@@]1(C)[C@@H]1OC(=O)[C@H](C)C(=O)[C@H](C)[C@@H](O[C@@H]2OC(C)CC(N(C)C)C2OC(C)=O)[C@@]2(C)CC(C)C(O2)[C@@H]1C. The number of likely N-dealkylation sites (N-methyl/N-ethyl adjacent to an activating group) is 1. The lowest BCUT2D eigenvalue weighted by atomic mass is 9.76. The molecule has 4 aliphatic heterocycles. The molecule has 4 aliphatic rings. The maximum absolute atomic E-state index is 14.0. The zero-order valence-electron chi connectivity index (χ0n) is 28.0. The summed E-state index contributed by atoms with van der Waals surface area (Å²) in [6, 6.07) is -0.191. The number of rotatable bonds is 6. The lowest BCUT2D eigenvalue weighted by Crippen LogP contribution is -2.59. The van der Waals surface area contributed by atoms with Crippen molar-refractivity contribution in [2.75, 3.05) is 14.1 Å². The molecule has 14 atom stereocenters. The molecule has 12 nitrogen and oxygen atoms in total. The van der Waals surface area contributed by atoms with Crippen molar-refractivity contribution in [3.63, 3.8) is 0 Å². The van der Waals surface area contributed by atoms with Gasteiger partial charge in [0.25, 0.3) is 0 Å². The minimum atomic E-state index is -1.29. The fourth-order valence-electron chi connectivity index (χ4n) is 7.97. The third-order valence-electron chi connectivity index (χ3n) is 10.2. The second-order valence-electron chi connectivity index (χ2n) is 14.0. The van der Waals surface area contributed by atoms with Gasteiger partial charge in [-0.25, -0.2) is 4.79 Å². The molecule has 4 heterocycles. The van der Waals surface area contributed by atoms with E-state index in [1.807, 2.05) is 53.6 Å². The summed E-state index contributed by atoms with van der Waals surface area (Å²) in [5.41, 5.74) is -2.27. The molecule has 0 aliphatic carbocycles. The number of carbonyl (C=O) groups excluding carboxylic acids is 4. The Morgan fingerprint density at radius 1 is 1.05 bits per heavy atom. The Labute approximate surface area is 260 Å². The first kappa shape index (κ1) is 34.6. The van der Waals surface area contributed by atoms with Gasteiger partial charge in [-0.1, -0.05) is 27.7 Å². The van der Waals surface area contributed by atoms with Crippen molar-refractivity contribution in [3.05, 3.63) is 0 Å². The Bertz CT molecular complexity index is 1110. The predicted octanol–water partition coefficient (Wildman–Crippen LogP) is 3.66. The normalized spacial score (nSPS) is 46.6. The van der Waals surface area contributed by atoms with Gasteiger partial charge in [-0.3, -0.25) is 14.4 Å². The van der Waals surface area contributed by atoms with E-state index in [0.717, 1.165) is 0 Å². The van der Waals surface area contributed by atoms with Crippen LogP contribution in [0.25, 0.3) is 0 Å². The van der Waals surface area contributed by atoms with Gasteiger partial charge in [-0.05, 0) is 67.0 Å². The first-order chi connectivity index (χ1) is 20.4. The molecule has 0 aromatic carbocycles. The molecular weight excluding hydrogens is 574 g/mol. The van der Waals surface area contributed by atoms with Crippen molar-refractivity contribution in [1.82, 2.24) is 4.90 Å². The fraction of sp³-hybridized carbons (Fsp3) is 0.875. The number of ether oxygens (including phenoxy) is 7. The van der Waals surface area contributed by atoms with Gasteiger partial charge in [0.05, 0.1) is 30.0 Å². The van der Waals surface area contributed by atoms with E-state index in [2.05, 4.69) is 0 Å². The van der Waals surface area contributed by atoms with E-state index in [9.17, 15) is 19.2 Å². The van der Waals surface area contributed by atoms with Crippen LogP contribution in [0.2, 0.25) is 0 Å². The van der Waals surface area contributed by atoms with Crippen LogP contribution in [0.5, 0.6) is 0 Å². The highest BCUT2D eigenvalue weighted by atomic mass is 16.8. The third-order valence-corrected chi connectivity index (χ3v) is 10.2. The van der Waals surface area contributed by atoms with Crippen molar-refractivity contribution in [1.29, 1.82) is 0 Å². The molecule has 12 heteroatoms. The quantitative estimate of drug-likeness (QED) is 0.242. The monoisotopic (exact) mass is 625 g/mol. The minimum Gasteiger partial charge on any atom is -0.457 e. The van der Waals surface area contributed by atoms with E-state index in [1.54, 1.807) is 13.8 Å². The highest BCUT2D eigenvalue weighted by molar-refractivity contribution is 6.00. The summed E-state index contributed by atoms with van der Waals surface area (Å²) in [5, 5.41) is 0. The number of Topliss-reactive ketones (excluding diaryl/α,β-unsaturated/α-hetero) is 1. The maximum atomic E-state index is 14.0. The molecule has 250 valence electrons. The number of esters is 2. The second-order valence-corrected chi connectivity index (χ2v) is 14.0. The number of fused-ring (bicyclic) bond motifs is 2. The van der Waals surface area contributed by atoms with Crippen LogP contribution >= 0.6 is 0 Å². The second kappa shape index (κ2) is 12.8. The highest BCUT2D eigenvalue weighted by Gasteiger charge is 2.61. The highest BCUT2D eigenvalue weighted by Crippen LogP contribution is 2.48. The van der Waals surface area contributed by atoms with Crippen LogP contribution < -0.4 is 0 Å². The van der Waals surface area contributed by atoms with E-state index < -0.39 is 83.9 Å². The average Bonchev–Trinajstić information content (AvgIpc) is 3.42. The summed E-state index contributed by atoms with van der Waals surface area (Å²) in [6.07, 6.45) is -4.09. The number of hydrogen-bond acceptors (Lipinski definition) is 12. The molecule has 0 saturated carbocycles. The van der Waals surface area contributed by atoms with Crippen molar-refractivity contribution in [2.45, 2.75) is 142 Å². The van der Waals surface area contributed by atoms with E-state index in [1.165, 1.54) is 13.8 Å². The van der Waals surface area contributed by atoms with Gasteiger partial charge in [0.1, 0.15) is 18.1 Å². The molecule has 4 saturated heterocycles. The zero-order chi connectivity index (χ0) is 32.9. The number of carbonyl (C=O) groups is 4. The van der Waals surface area contributed by atoms with Gasteiger partial charge in [0.15, 0.2) is 23.8 Å². The summed E-state index contributed by atoms with van der Waals surface area (Å²) in [5.74, 6) is -4.03. The number of ketones is 1. The van der Waals surface area contributed by atoms with Crippen LogP contribution in [0.15, 0.2) is 0 Å². The van der Waals surface area contributed by atoms with Gasteiger partial charge in [-0.15, -0.1) is 0 Å². The topological polar surface area (TPSA) is 136 Å². The molecular formula is C32H51NO11. The molecule has 0 aromatic rings. The van der Waals surface area contributed by atoms with Crippen molar-refractivity contribution in [3.8, 4) is 0 Å². The van der Waals surface area contributed by atoms with E-state index >= 15 is 0 Å². The summed E-state index contributed by atoms with van der Waals surface area (Å²) >= 11 is 0. The van der Waals surface area contributed by atoms with E-state index in [-0.39, 0.29) is 23.8 Å². The lowest BCUT2D eigenvalue weighted by Gasteiger charge is -2.46. The third kappa shape index (κ3) is 6.37. The molecule has 2 bridgehead atoms. The van der Waals surface area contributed by atoms with E-state index in [0.29, 0.717) is 19.3 Å². The molecule has 0 spiro atoms. The molecule has 0 aromatic heterocycles. The molecule has 0 amide bonds. The molecule has 4 fully saturated rings. The van der Waals surface area contributed by atoms with Crippen molar-refractivity contribution < 1.29 is 52.3 Å². The lowest BCUT2D eigenvalue weighted by molar-refractivity contribution is -0.298. The first-order valence-electron chi connectivity index (χ1n) is 15.9. The average molecular weight is 626 g/mol. The number of cyclic esters (lactones) is 3. The van der Waals surface area contributed by atoms with Crippen molar-refractivity contribution in [2.24, 2.45) is 23.7 Å². The van der Waals surface area contributed by atoms with Gasteiger partial charge in [0, 0.05) is 18.8 Å². The fourth-order valence-corrected chi connectivity index (χ4v) is 7.97. The Hall–Kier alpha value is -2.28. The van der Waals surface area contributed by atoms with Crippen LogP contribution in [0.1, 0.15) is 81.6 Å². The standard InChI is InChI=1S/C32H51NO11/c1-12-22-32(9,44-30(37)40-22)27-19(6)24-15(2)14-31(8,43-24)26(17(4)23(35)18(5)28(36)41-27)42-29-25(39-20(7)34)21(33(10)11)13-16(3)38-29/h15-19,21-22,24-27,29H,12-14H2,1-11H3/t15?,16?,17-,18+,19-,21?,22+,24?,25?,26+,27+,29-,31+,32+/m0/s1. The van der Waals surface area contributed by atoms with Crippen LogP contribution in [-0.4, -0.2) is 103 Å². The van der Waals surface area contributed by atoms with Crippen LogP contribution in [0.4, 0.5) is 4.79 Å². The molecule has 5 unspecified atom stereocenters. The summed E-state index contributed by atoms with van der Waals surface area (Å²) < 4.78 is 42.9. The molecule has 0 radical (unpaired) electrons. The van der Waals surface area contributed by atoms with Gasteiger partial charge >= 0.3 is 18.1 Å². The van der Waals surface area contributed by atoms with Crippen LogP contribution in [0.3, 0.4) is 0 Å². The van der Waals surface area contributed by atoms with Gasteiger partial charge in [0.2, 0.25) is 0 Å². The zero-order valence-corrected chi connectivity index (χ0v) is 28.0. The smallest absolute Gasteiger partial charge is 0.457 e. The van der Waals surface area contributed by atoms with Crippen molar-refractivity contribution >= 4 is 23.9 Å². The molecule has 4 rings (SSSR count). The summed E-state index contributed by atoms with van der Waals surface area (Å²) in [6.45, 7) is 15.9. The van der Waals surface area contributed by atoms with Crippen LogP contribution in [0, 0.1) is 23.7 Å². The Morgan fingerprint density at radius 3 is 2.30 bits per heavy atom. The Balaban J connectivity index is 1.76. The number of nitrogens with zero attached hydrogens (tertiary/aromatic N) is 1. The predicted molar refractivity (Wildman–Crippen MR) is 156 cm³/mol. The maximum Gasteiger partial charge on any atom is 0.509 e. The summed E-state index contributed by atoms with van der Waals surface area (Å²) in [7, 11) is 3.81. The summed E-state index contributed by atoms with van der Waals surface area (Å²) in [4.78, 5) is 54.1. The first-order valence-corrected chi connectivity index (χ1v) is 15.9. The van der Waals surface area contributed by atoms with Gasteiger partial charge < -0.3 is 38.1 Å². The Kier molecular flexibility index (Phi) is 10.1. The Morgan fingerprint density at radius 2 is 1.70 bits per heavy atom. The molecule has 0 N–H and O–H groups in total. The van der Waals surface area contributed by atoms with E-state index in [4.69, 9.17) is 33.2 Å². The van der Waals surface area contributed by atoms with Crippen LogP contribution in [-0.2, 0) is 47.5 Å².